The molecule has 2 aromatic rings. The number of hydrogen-bond donors (Lipinski definition) is 1. The molecule has 144 valence electrons. The van der Waals surface area contributed by atoms with Crippen LogP contribution in [0.4, 0.5) is 0 Å². The lowest BCUT2D eigenvalue weighted by Crippen LogP contribution is -2.34. The number of amides is 1. The summed E-state index contributed by atoms with van der Waals surface area (Å²) in [6.45, 7) is 2.46. The van der Waals surface area contributed by atoms with Gasteiger partial charge in [-0.15, -0.1) is 0 Å². The van der Waals surface area contributed by atoms with Crippen LogP contribution < -0.4 is 5.32 Å². The first-order chi connectivity index (χ1) is 13.6. The fourth-order valence-corrected chi connectivity index (χ4v) is 4.42. The number of likely N-dealkylation sites (tertiary alicyclic amines) is 1. The zero-order valence-electron chi connectivity index (χ0n) is 15.3. The van der Waals surface area contributed by atoms with E-state index in [9.17, 15) is 9.59 Å². The number of nitrogens with one attached hydrogen (secondary N) is 1. The lowest BCUT2D eigenvalue weighted by molar-refractivity contribution is -0.115. The fourth-order valence-electron chi connectivity index (χ4n) is 3.39. The Morgan fingerprint density at radius 3 is 2.79 bits per heavy atom. The third-order valence-electron chi connectivity index (χ3n) is 4.83. The summed E-state index contributed by atoms with van der Waals surface area (Å²) in [7, 11) is 0. The highest BCUT2D eigenvalue weighted by atomic mass is 32.2. The zero-order valence-corrected chi connectivity index (χ0v) is 16.9. The van der Waals surface area contributed by atoms with Crippen molar-refractivity contribution in [2.24, 2.45) is 0 Å². The molecule has 2 saturated heterocycles. The van der Waals surface area contributed by atoms with Gasteiger partial charge in [0.15, 0.2) is 5.78 Å². The largest absolute Gasteiger partial charge is 0.457 e. The van der Waals surface area contributed by atoms with Gasteiger partial charge in [0.2, 0.25) is 0 Å². The molecule has 0 radical (unpaired) electrons. The van der Waals surface area contributed by atoms with Gasteiger partial charge >= 0.3 is 0 Å². The SMILES string of the molecule is O=C1NC(=S)S/C1=C\c1ccc(-c2cccc(C(=O)CN3CCCCC3)c2)o1. The van der Waals surface area contributed by atoms with Crippen LogP contribution in [0.1, 0.15) is 35.4 Å². The van der Waals surface area contributed by atoms with Gasteiger partial charge in [-0.2, -0.15) is 0 Å². The molecule has 1 aromatic carbocycles. The Hall–Kier alpha value is -2.22. The second-order valence-corrected chi connectivity index (χ2v) is 8.61. The smallest absolute Gasteiger partial charge is 0.263 e. The molecular weight excluding hydrogens is 392 g/mol. The minimum Gasteiger partial charge on any atom is -0.457 e. The molecule has 0 unspecified atom stereocenters. The Balaban J connectivity index is 1.49. The third-order valence-corrected chi connectivity index (χ3v) is 5.99. The van der Waals surface area contributed by atoms with E-state index in [0.717, 1.165) is 18.7 Å². The third kappa shape index (κ3) is 4.43. The number of ketones is 1. The lowest BCUT2D eigenvalue weighted by atomic mass is 10.0. The number of rotatable bonds is 5. The van der Waals surface area contributed by atoms with Gasteiger partial charge in [0, 0.05) is 17.2 Å². The number of nitrogens with zero attached hydrogens (tertiary/aromatic N) is 1. The van der Waals surface area contributed by atoms with Gasteiger partial charge in [-0.05, 0) is 44.1 Å². The van der Waals surface area contributed by atoms with Crippen LogP contribution in [0.2, 0.25) is 0 Å². The number of carbonyl (C=O) groups excluding carboxylic acids is 2. The summed E-state index contributed by atoms with van der Waals surface area (Å²) in [5.41, 5.74) is 1.53. The summed E-state index contributed by atoms with van der Waals surface area (Å²) < 4.78 is 6.31. The van der Waals surface area contributed by atoms with E-state index < -0.39 is 0 Å². The second-order valence-electron chi connectivity index (χ2n) is 6.90. The van der Waals surface area contributed by atoms with E-state index in [-0.39, 0.29) is 11.7 Å². The first-order valence-electron chi connectivity index (χ1n) is 9.29. The van der Waals surface area contributed by atoms with E-state index in [0.29, 0.717) is 32.9 Å². The van der Waals surface area contributed by atoms with Gasteiger partial charge in [0.05, 0.1) is 11.4 Å². The van der Waals surface area contributed by atoms with E-state index in [4.69, 9.17) is 16.6 Å². The summed E-state index contributed by atoms with van der Waals surface area (Å²) >= 11 is 6.21. The van der Waals surface area contributed by atoms with E-state index in [1.165, 1.54) is 31.0 Å². The minimum atomic E-state index is -0.210. The summed E-state index contributed by atoms with van der Waals surface area (Å²) in [4.78, 5) is 27.2. The van der Waals surface area contributed by atoms with Crippen molar-refractivity contribution < 1.29 is 14.0 Å². The molecule has 2 fully saturated rings. The van der Waals surface area contributed by atoms with Crippen molar-refractivity contribution in [2.75, 3.05) is 19.6 Å². The maximum atomic E-state index is 12.7. The molecule has 0 saturated carbocycles. The highest BCUT2D eigenvalue weighted by molar-refractivity contribution is 8.26. The molecule has 1 aromatic heterocycles. The van der Waals surface area contributed by atoms with Crippen LogP contribution in [0.5, 0.6) is 0 Å². The molecule has 4 rings (SSSR count). The molecule has 2 aliphatic heterocycles. The first kappa shape index (κ1) is 19.1. The molecule has 7 heteroatoms. The second kappa shape index (κ2) is 8.43. The van der Waals surface area contributed by atoms with Gasteiger partial charge in [-0.1, -0.05) is 48.6 Å². The number of thiocarbonyl (C=S) groups is 1. The summed E-state index contributed by atoms with van der Waals surface area (Å²) in [6.07, 6.45) is 5.26. The number of thioether (sulfide) groups is 1. The Labute approximate surface area is 173 Å². The summed E-state index contributed by atoms with van der Waals surface area (Å²) in [5.74, 6) is 1.15. The maximum Gasteiger partial charge on any atom is 0.263 e. The average Bonchev–Trinajstić information content (AvgIpc) is 3.29. The number of benzene rings is 1. The van der Waals surface area contributed by atoms with Crippen LogP contribution in [0, 0.1) is 0 Å². The standard InChI is InChI=1S/C21H20N2O3S2/c24-17(13-23-9-2-1-3-10-23)14-5-4-6-15(11-14)18-8-7-16(26-18)12-19-20(25)22-21(27)28-19/h4-8,11-12H,1-3,9-10,13H2,(H,22,25,27)/b19-12-. The van der Waals surface area contributed by atoms with Crippen molar-refractivity contribution >= 4 is 46.1 Å². The van der Waals surface area contributed by atoms with Crippen LogP contribution in [0.25, 0.3) is 17.4 Å². The maximum absolute atomic E-state index is 12.7. The molecular formula is C21H20N2O3S2. The Bertz CT molecular complexity index is 958. The number of hydrogen-bond acceptors (Lipinski definition) is 6. The number of furan rings is 1. The summed E-state index contributed by atoms with van der Waals surface area (Å²) in [6, 6.07) is 11.2. The van der Waals surface area contributed by atoms with Crippen molar-refractivity contribution in [1.82, 2.24) is 10.2 Å². The van der Waals surface area contributed by atoms with E-state index in [1.54, 1.807) is 12.1 Å². The minimum absolute atomic E-state index is 0.130. The van der Waals surface area contributed by atoms with Crippen LogP contribution in [-0.4, -0.2) is 40.5 Å². The molecule has 0 spiro atoms. The molecule has 0 aliphatic carbocycles. The van der Waals surface area contributed by atoms with Crippen LogP contribution in [0.15, 0.2) is 45.7 Å². The lowest BCUT2D eigenvalue weighted by Gasteiger charge is -2.25. The number of piperidine rings is 1. The molecule has 28 heavy (non-hydrogen) atoms. The summed E-state index contributed by atoms with van der Waals surface area (Å²) in [5, 5.41) is 2.58. The van der Waals surface area contributed by atoms with Gasteiger partial charge in [-0.25, -0.2) is 0 Å². The van der Waals surface area contributed by atoms with Gasteiger partial charge in [0.25, 0.3) is 5.91 Å². The predicted octanol–water partition coefficient (Wildman–Crippen LogP) is 4.10. The molecule has 3 heterocycles. The molecule has 1 N–H and O–H groups in total. The van der Waals surface area contributed by atoms with Gasteiger partial charge in [0.1, 0.15) is 15.8 Å². The molecule has 0 atom stereocenters. The highest BCUT2D eigenvalue weighted by Gasteiger charge is 2.22. The van der Waals surface area contributed by atoms with E-state index >= 15 is 0 Å². The van der Waals surface area contributed by atoms with Crippen LogP contribution in [0.3, 0.4) is 0 Å². The first-order valence-corrected chi connectivity index (χ1v) is 10.5. The Morgan fingerprint density at radius 1 is 1.21 bits per heavy atom. The normalized spacial score (nSPS) is 19.2. The fraction of sp³-hybridized carbons (Fsp3) is 0.286. The van der Waals surface area contributed by atoms with Crippen molar-refractivity contribution in [3.8, 4) is 11.3 Å². The number of Topliss-reactive ketones (excluding diaryl/α,β-unsaturated/α-hetero) is 1. The van der Waals surface area contributed by atoms with E-state index in [2.05, 4.69) is 10.2 Å². The monoisotopic (exact) mass is 412 g/mol. The Kier molecular flexibility index (Phi) is 5.75. The quantitative estimate of drug-likeness (QED) is 0.453. The van der Waals surface area contributed by atoms with Crippen LogP contribution >= 0.6 is 24.0 Å². The van der Waals surface area contributed by atoms with Crippen molar-refractivity contribution in [2.45, 2.75) is 19.3 Å². The van der Waals surface area contributed by atoms with Crippen LogP contribution in [-0.2, 0) is 4.79 Å². The molecule has 2 aliphatic rings. The molecule has 0 bridgehead atoms. The van der Waals surface area contributed by atoms with Crippen molar-refractivity contribution in [3.05, 3.63) is 52.6 Å². The van der Waals surface area contributed by atoms with Crippen molar-refractivity contribution in [3.63, 3.8) is 0 Å². The van der Waals surface area contributed by atoms with Crippen molar-refractivity contribution in [1.29, 1.82) is 0 Å². The van der Waals surface area contributed by atoms with Gasteiger partial charge < -0.3 is 9.73 Å². The highest BCUT2D eigenvalue weighted by Crippen LogP contribution is 2.29. The zero-order chi connectivity index (χ0) is 19.5. The molecule has 1 amide bonds. The Morgan fingerprint density at radius 2 is 2.04 bits per heavy atom. The predicted molar refractivity (Wildman–Crippen MR) is 115 cm³/mol. The number of carbonyl (C=O) groups is 2. The molecule has 5 nitrogen and oxygen atoms in total. The van der Waals surface area contributed by atoms with E-state index in [1.807, 2.05) is 30.3 Å². The van der Waals surface area contributed by atoms with Gasteiger partial charge in [-0.3, -0.25) is 14.5 Å². The average molecular weight is 413 g/mol. The topological polar surface area (TPSA) is 62.6 Å².